The molecule has 2 atom stereocenters. The fraction of sp³-hybridized carbons (Fsp3) is 0.786. The fourth-order valence-electron chi connectivity index (χ4n) is 2.55. The molecule has 22 heavy (non-hydrogen) atoms. The molecule has 1 amide bonds. The van der Waals surface area contributed by atoms with Crippen molar-refractivity contribution in [2.75, 3.05) is 6.54 Å². The Hall–Kier alpha value is -1.99. The monoisotopic (exact) mass is 309 g/mol. The van der Waals surface area contributed by atoms with Crippen LogP contribution in [0, 0.1) is 0 Å². The van der Waals surface area contributed by atoms with Crippen LogP contribution in [0.5, 0.6) is 0 Å². The Morgan fingerprint density at radius 3 is 2.64 bits per heavy atom. The largest absolute Gasteiger partial charge is 0.458 e. The second kappa shape index (κ2) is 6.02. The van der Waals surface area contributed by atoms with Gasteiger partial charge in [-0.2, -0.15) is 4.80 Å². The Morgan fingerprint density at radius 2 is 2.14 bits per heavy atom. The molecule has 1 aromatic heterocycles. The summed E-state index contributed by atoms with van der Waals surface area (Å²) in [5.74, 6) is -0.0265. The average molecular weight is 309 g/mol. The van der Waals surface area contributed by atoms with E-state index in [-0.39, 0.29) is 17.8 Å². The van der Waals surface area contributed by atoms with Gasteiger partial charge in [-0.15, -0.1) is 10.2 Å². The van der Waals surface area contributed by atoms with E-state index in [2.05, 4.69) is 15.4 Å². The third kappa shape index (κ3) is 3.61. The topological polar surface area (TPSA) is 90.2 Å². The molecule has 8 nitrogen and oxygen atoms in total. The zero-order valence-corrected chi connectivity index (χ0v) is 13.7. The van der Waals surface area contributed by atoms with Crippen molar-refractivity contribution in [1.29, 1.82) is 0 Å². The Morgan fingerprint density at radius 1 is 1.45 bits per heavy atom. The number of aromatic nitrogens is 4. The summed E-state index contributed by atoms with van der Waals surface area (Å²) >= 11 is 0. The van der Waals surface area contributed by atoms with Gasteiger partial charge in [0.15, 0.2) is 5.82 Å². The number of carbonyl (C=O) groups is 2. The summed E-state index contributed by atoms with van der Waals surface area (Å²) in [7, 11) is 1.68. The molecule has 1 aliphatic rings. The van der Waals surface area contributed by atoms with Gasteiger partial charge in [0.1, 0.15) is 11.6 Å². The zero-order valence-electron chi connectivity index (χ0n) is 13.7. The summed E-state index contributed by atoms with van der Waals surface area (Å²) in [6.45, 7) is 7.74. The van der Waals surface area contributed by atoms with Gasteiger partial charge in [-0.3, -0.25) is 4.79 Å². The third-order valence-corrected chi connectivity index (χ3v) is 3.49. The van der Waals surface area contributed by atoms with Crippen LogP contribution >= 0.6 is 0 Å². The molecule has 1 aromatic rings. The average Bonchev–Trinajstić information content (AvgIpc) is 2.95. The summed E-state index contributed by atoms with van der Waals surface area (Å²) in [5.41, 5.74) is -0.570. The first-order valence-electron chi connectivity index (χ1n) is 7.47. The molecule has 0 radical (unpaired) electrons. The SMILES string of the molecule is CCC(C(=O)OC(C)(C)C)N1CC(c2nnn(C)n2)CC1=O. The predicted octanol–water partition coefficient (Wildman–Crippen LogP) is 0.646. The van der Waals surface area contributed by atoms with Crippen LogP contribution in [0.1, 0.15) is 52.3 Å². The minimum absolute atomic E-state index is 0.0739. The lowest BCUT2D eigenvalue weighted by molar-refractivity contribution is -0.163. The van der Waals surface area contributed by atoms with Crippen LogP contribution in [0.3, 0.4) is 0 Å². The molecule has 0 N–H and O–H groups in total. The number of carbonyl (C=O) groups excluding carboxylic acids is 2. The molecule has 0 bridgehead atoms. The van der Waals surface area contributed by atoms with E-state index >= 15 is 0 Å². The van der Waals surface area contributed by atoms with Gasteiger partial charge in [0, 0.05) is 18.9 Å². The molecule has 2 unspecified atom stereocenters. The van der Waals surface area contributed by atoms with E-state index in [9.17, 15) is 9.59 Å². The van der Waals surface area contributed by atoms with Crippen LogP contribution in [0.15, 0.2) is 0 Å². The Balaban J connectivity index is 2.10. The van der Waals surface area contributed by atoms with Crippen molar-refractivity contribution in [2.45, 2.75) is 58.1 Å². The summed E-state index contributed by atoms with van der Waals surface area (Å²) in [5, 5.41) is 11.9. The van der Waals surface area contributed by atoms with Crippen LogP contribution in [0.25, 0.3) is 0 Å². The molecule has 122 valence electrons. The maximum Gasteiger partial charge on any atom is 0.329 e. The lowest BCUT2D eigenvalue weighted by atomic mass is 10.1. The lowest BCUT2D eigenvalue weighted by Crippen LogP contribution is -2.44. The Bertz CT molecular complexity index is 563. The lowest BCUT2D eigenvalue weighted by Gasteiger charge is -2.29. The van der Waals surface area contributed by atoms with E-state index in [1.54, 1.807) is 11.9 Å². The van der Waals surface area contributed by atoms with Gasteiger partial charge in [-0.1, -0.05) is 6.92 Å². The van der Waals surface area contributed by atoms with Gasteiger partial charge in [-0.05, 0) is 32.4 Å². The second-order valence-electron chi connectivity index (χ2n) is 6.54. The molecule has 0 saturated carbocycles. The first-order chi connectivity index (χ1) is 10.2. The van der Waals surface area contributed by atoms with Crippen molar-refractivity contribution in [3.8, 4) is 0 Å². The van der Waals surface area contributed by atoms with Crippen molar-refractivity contribution < 1.29 is 14.3 Å². The molecule has 0 spiro atoms. The highest BCUT2D eigenvalue weighted by atomic mass is 16.6. The number of ether oxygens (including phenoxy) is 1. The number of esters is 1. The summed E-state index contributed by atoms with van der Waals surface area (Å²) in [6, 6.07) is -0.562. The van der Waals surface area contributed by atoms with Crippen LogP contribution in [0.2, 0.25) is 0 Å². The highest BCUT2D eigenvalue weighted by Crippen LogP contribution is 2.28. The normalized spacial score (nSPS) is 20.3. The third-order valence-electron chi connectivity index (χ3n) is 3.49. The van der Waals surface area contributed by atoms with Crippen molar-refractivity contribution in [1.82, 2.24) is 25.1 Å². The molecule has 8 heteroatoms. The van der Waals surface area contributed by atoms with E-state index in [0.717, 1.165) is 0 Å². The van der Waals surface area contributed by atoms with Crippen molar-refractivity contribution in [3.05, 3.63) is 5.82 Å². The number of aryl methyl sites for hydroxylation is 1. The van der Waals surface area contributed by atoms with Gasteiger partial charge in [-0.25, -0.2) is 4.79 Å². The van der Waals surface area contributed by atoms with Gasteiger partial charge in [0.05, 0.1) is 7.05 Å². The maximum atomic E-state index is 12.3. The number of amides is 1. The molecule has 1 fully saturated rings. The van der Waals surface area contributed by atoms with Crippen molar-refractivity contribution in [2.24, 2.45) is 7.05 Å². The smallest absolute Gasteiger partial charge is 0.329 e. The van der Waals surface area contributed by atoms with Crippen molar-refractivity contribution >= 4 is 11.9 Å². The molecular formula is C14H23N5O3. The minimum Gasteiger partial charge on any atom is -0.458 e. The summed E-state index contributed by atoms with van der Waals surface area (Å²) < 4.78 is 5.42. The van der Waals surface area contributed by atoms with Gasteiger partial charge < -0.3 is 9.64 Å². The zero-order chi connectivity index (χ0) is 16.5. The molecule has 1 aliphatic heterocycles. The standard InChI is InChI=1S/C14H23N5O3/c1-6-10(13(21)22-14(2,3)4)19-8-9(7-11(19)20)12-15-17-18(5)16-12/h9-10H,6-8H2,1-5H3. The molecular weight excluding hydrogens is 286 g/mol. The number of nitrogens with zero attached hydrogens (tertiary/aromatic N) is 5. The molecule has 0 aliphatic carbocycles. The minimum atomic E-state index is -0.570. The van der Waals surface area contributed by atoms with Crippen LogP contribution in [0.4, 0.5) is 0 Å². The van der Waals surface area contributed by atoms with Crippen LogP contribution in [-0.4, -0.2) is 55.2 Å². The molecule has 2 rings (SSSR count). The van der Waals surface area contributed by atoms with Crippen LogP contribution < -0.4 is 0 Å². The number of hydrogen-bond acceptors (Lipinski definition) is 6. The molecule has 1 saturated heterocycles. The van der Waals surface area contributed by atoms with E-state index in [1.165, 1.54) is 4.80 Å². The van der Waals surface area contributed by atoms with Crippen LogP contribution in [-0.2, 0) is 21.4 Å². The number of hydrogen-bond donors (Lipinski definition) is 0. The number of tetrazole rings is 1. The maximum absolute atomic E-state index is 12.3. The molecule has 2 heterocycles. The molecule has 0 aromatic carbocycles. The Labute approximate surface area is 129 Å². The van der Waals surface area contributed by atoms with Gasteiger partial charge in [0.25, 0.3) is 0 Å². The highest BCUT2D eigenvalue weighted by molar-refractivity contribution is 5.86. The summed E-state index contributed by atoms with van der Waals surface area (Å²) in [4.78, 5) is 27.5. The van der Waals surface area contributed by atoms with E-state index < -0.39 is 11.6 Å². The quantitative estimate of drug-likeness (QED) is 0.758. The number of rotatable bonds is 4. The van der Waals surface area contributed by atoms with Gasteiger partial charge in [0.2, 0.25) is 5.91 Å². The fourth-order valence-corrected chi connectivity index (χ4v) is 2.55. The first kappa shape index (κ1) is 16.4. The number of likely N-dealkylation sites (tertiary alicyclic amines) is 1. The first-order valence-corrected chi connectivity index (χ1v) is 7.47. The second-order valence-corrected chi connectivity index (χ2v) is 6.54. The Kier molecular flexibility index (Phi) is 4.48. The summed E-state index contributed by atoms with van der Waals surface area (Å²) in [6.07, 6.45) is 0.812. The van der Waals surface area contributed by atoms with E-state index in [1.807, 2.05) is 27.7 Å². The van der Waals surface area contributed by atoms with Gasteiger partial charge >= 0.3 is 5.97 Å². The highest BCUT2D eigenvalue weighted by Gasteiger charge is 2.40. The van der Waals surface area contributed by atoms with E-state index in [0.29, 0.717) is 25.2 Å². The predicted molar refractivity (Wildman–Crippen MR) is 77.8 cm³/mol. The van der Waals surface area contributed by atoms with Crippen molar-refractivity contribution in [3.63, 3.8) is 0 Å². The van der Waals surface area contributed by atoms with E-state index in [4.69, 9.17) is 4.74 Å².